The maximum atomic E-state index is 13.0. The molecule has 30 heavy (non-hydrogen) atoms. The van der Waals surface area contributed by atoms with Gasteiger partial charge in [-0.2, -0.15) is 0 Å². The molecule has 0 bridgehead atoms. The highest BCUT2D eigenvalue weighted by atomic mass is 79.9. The molecule has 0 aliphatic rings. The van der Waals surface area contributed by atoms with E-state index in [0.29, 0.717) is 5.13 Å². The fraction of sp³-hybridized carbons (Fsp3) is 0.0526. The maximum absolute atomic E-state index is 13.0. The van der Waals surface area contributed by atoms with Gasteiger partial charge in [-0.1, -0.05) is 22.9 Å². The van der Waals surface area contributed by atoms with E-state index in [-0.39, 0.29) is 21.8 Å². The van der Waals surface area contributed by atoms with Crippen LogP contribution in [0.1, 0.15) is 20.7 Å². The number of carbonyl (C=O) groups is 3. The van der Waals surface area contributed by atoms with E-state index in [9.17, 15) is 18.8 Å². The number of carbonyl (C=O) groups excluding carboxylic acids is 3. The van der Waals surface area contributed by atoms with Crippen LogP contribution in [0.15, 0.2) is 52.4 Å². The van der Waals surface area contributed by atoms with Crippen molar-refractivity contribution in [2.24, 2.45) is 0 Å². The molecule has 2 aromatic carbocycles. The van der Waals surface area contributed by atoms with Gasteiger partial charge in [-0.15, -0.1) is 0 Å². The molecular weight excluding hydrogens is 501 g/mol. The molecule has 7 nitrogen and oxygen atoms in total. The topological polar surface area (TPSA) is 97.4 Å². The van der Waals surface area contributed by atoms with Crippen LogP contribution in [0.2, 0.25) is 5.02 Å². The van der Waals surface area contributed by atoms with E-state index < -0.39 is 30.2 Å². The van der Waals surface area contributed by atoms with E-state index in [1.54, 1.807) is 0 Å². The summed E-state index contributed by atoms with van der Waals surface area (Å²) in [5.74, 6) is -2.46. The summed E-state index contributed by atoms with van der Waals surface area (Å²) in [6.07, 6.45) is 1.52. The Kier molecular flexibility index (Phi) is 7.14. The van der Waals surface area contributed by atoms with Gasteiger partial charge in [0, 0.05) is 10.6 Å². The molecule has 1 aromatic heterocycles. The zero-order valence-corrected chi connectivity index (χ0v) is 18.1. The van der Waals surface area contributed by atoms with Gasteiger partial charge < -0.3 is 10.1 Å². The van der Waals surface area contributed by atoms with Crippen molar-refractivity contribution >= 4 is 67.5 Å². The van der Waals surface area contributed by atoms with Crippen LogP contribution in [-0.2, 0) is 9.53 Å². The molecule has 0 aliphatic carbocycles. The number of esters is 1. The molecule has 0 fully saturated rings. The average Bonchev–Trinajstić information content (AvgIpc) is 3.11. The fourth-order valence-corrected chi connectivity index (χ4v) is 3.56. The van der Waals surface area contributed by atoms with E-state index in [4.69, 9.17) is 16.3 Å². The number of benzene rings is 2. The summed E-state index contributed by atoms with van der Waals surface area (Å²) in [6.45, 7) is -0.552. The molecule has 0 spiro atoms. The Morgan fingerprint density at radius 1 is 1.13 bits per heavy atom. The second kappa shape index (κ2) is 9.79. The van der Waals surface area contributed by atoms with Crippen LogP contribution in [0.3, 0.4) is 0 Å². The van der Waals surface area contributed by atoms with Crippen LogP contribution in [-0.4, -0.2) is 29.4 Å². The van der Waals surface area contributed by atoms with Crippen molar-refractivity contribution in [3.63, 3.8) is 0 Å². The highest BCUT2D eigenvalue weighted by Gasteiger charge is 2.18. The minimum absolute atomic E-state index is 0.000320. The molecule has 0 saturated heterocycles. The molecule has 2 N–H and O–H groups in total. The Morgan fingerprint density at radius 3 is 2.53 bits per heavy atom. The van der Waals surface area contributed by atoms with Gasteiger partial charge in [0.05, 0.1) is 21.2 Å². The summed E-state index contributed by atoms with van der Waals surface area (Å²) in [4.78, 5) is 40.7. The number of rotatable bonds is 6. The maximum Gasteiger partial charge on any atom is 0.340 e. The van der Waals surface area contributed by atoms with Crippen molar-refractivity contribution < 1.29 is 23.5 Å². The van der Waals surface area contributed by atoms with Gasteiger partial charge in [0.15, 0.2) is 11.7 Å². The van der Waals surface area contributed by atoms with Crippen molar-refractivity contribution in [2.45, 2.75) is 0 Å². The largest absolute Gasteiger partial charge is 0.452 e. The van der Waals surface area contributed by atoms with Crippen molar-refractivity contribution in [1.82, 2.24) is 4.98 Å². The molecule has 11 heteroatoms. The van der Waals surface area contributed by atoms with Crippen LogP contribution in [0.25, 0.3) is 0 Å². The number of hydrogen-bond acceptors (Lipinski definition) is 6. The molecule has 0 unspecified atom stereocenters. The number of nitrogens with one attached hydrogen (secondary N) is 2. The molecule has 1 heterocycles. The molecule has 0 saturated carbocycles. The Morgan fingerprint density at radius 2 is 1.87 bits per heavy atom. The van der Waals surface area contributed by atoms with Gasteiger partial charge in [0.25, 0.3) is 11.8 Å². The number of halogens is 3. The summed E-state index contributed by atoms with van der Waals surface area (Å²) >= 11 is 10.4. The van der Waals surface area contributed by atoms with Crippen molar-refractivity contribution in [2.75, 3.05) is 17.2 Å². The van der Waals surface area contributed by atoms with Crippen molar-refractivity contribution in [1.29, 1.82) is 0 Å². The third-order valence-electron chi connectivity index (χ3n) is 3.61. The SMILES string of the molecule is O=C(COC(=O)c1ccc(Cl)cc1NC(=O)c1ccc(F)cc1)Nc1ncc(Br)s1. The third-order valence-corrected chi connectivity index (χ3v) is 5.24. The van der Waals surface area contributed by atoms with E-state index in [0.717, 1.165) is 15.9 Å². The van der Waals surface area contributed by atoms with Crippen LogP contribution < -0.4 is 10.6 Å². The molecule has 2 amide bonds. The van der Waals surface area contributed by atoms with Gasteiger partial charge in [0.2, 0.25) is 0 Å². The fourth-order valence-electron chi connectivity index (χ4n) is 2.27. The van der Waals surface area contributed by atoms with Gasteiger partial charge in [0.1, 0.15) is 5.82 Å². The molecule has 3 aromatic rings. The Balaban J connectivity index is 1.67. The summed E-state index contributed by atoms with van der Waals surface area (Å²) in [5, 5.41) is 5.65. The second-order valence-corrected chi connectivity index (χ2v) is 8.59. The highest BCUT2D eigenvalue weighted by molar-refractivity contribution is 9.11. The number of ether oxygens (including phenoxy) is 1. The zero-order chi connectivity index (χ0) is 21.7. The number of amides is 2. The van der Waals surface area contributed by atoms with Gasteiger partial charge in [-0.25, -0.2) is 14.2 Å². The van der Waals surface area contributed by atoms with Crippen LogP contribution in [0, 0.1) is 5.82 Å². The minimum atomic E-state index is -0.837. The first-order chi connectivity index (χ1) is 14.3. The van der Waals surface area contributed by atoms with E-state index in [1.165, 1.54) is 47.9 Å². The summed E-state index contributed by atoms with van der Waals surface area (Å²) < 4.78 is 18.8. The molecular formula is C19H12BrClFN3O4S. The monoisotopic (exact) mass is 511 g/mol. The highest BCUT2D eigenvalue weighted by Crippen LogP contribution is 2.24. The number of thiazole rings is 1. The first kappa shape index (κ1) is 21.9. The van der Waals surface area contributed by atoms with Crippen LogP contribution >= 0.6 is 38.9 Å². The van der Waals surface area contributed by atoms with Gasteiger partial charge in [-0.05, 0) is 58.4 Å². The average molecular weight is 513 g/mol. The third kappa shape index (κ3) is 5.85. The van der Waals surface area contributed by atoms with Crippen LogP contribution in [0.4, 0.5) is 15.2 Å². The molecule has 0 atom stereocenters. The predicted molar refractivity (Wildman–Crippen MR) is 115 cm³/mol. The van der Waals surface area contributed by atoms with Gasteiger partial charge in [-0.3, -0.25) is 14.9 Å². The summed E-state index contributed by atoms with van der Waals surface area (Å²) in [7, 11) is 0. The van der Waals surface area contributed by atoms with Crippen molar-refractivity contribution in [3.8, 4) is 0 Å². The Bertz CT molecular complexity index is 1110. The molecule has 154 valence electrons. The first-order valence-corrected chi connectivity index (χ1v) is 10.3. The summed E-state index contributed by atoms with van der Waals surface area (Å²) in [6, 6.07) is 9.05. The molecule has 0 radical (unpaired) electrons. The summed E-state index contributed by atoms with van der Waals surface area (Å²) in [5.41, 5.74) is 0.274. The quantitative estimate of drug-likeness (QED) is 0.465. The number of anilines is 2. The molecule has 0 aliphatic heterocycles. The predicted octanol–water partition coefficient (Wildman–Crippen LogP) is 4.75. The number of hydrogen-bond donors (Lipinski definition) is 2. The second-order valence-electron chi connectivity index (χ2n) is 5.74. The van der Waals surface area contributed by atoms with Crippen LogP contribution in [0.5, 0.6) is 0 Å². The first-order valence-electron chi connectivity index (χ1n) is 8.26. The lowest BCUT2D eigenvalue weighted by atomic mass is 10.1. The Hall–Kier alpha value is -2.82. The van der Waals surface area contributed by atoms with E-state index in [1.807, 2.05) is 0 Å². The van der Waals surface area contributed by atoms with E-state index >= 15 is 0 Å². The van der Waals surface area contributed by atoms with Gasteiger partial charge >= 0.3 is 5.97 Å². The minimum Gasteiger partial charge on any atom is -0.452 e. The number of aromatic nitrogens is 1. The van der Waals surface area contributed by atoms with E-state index in [2.05, 4.69) is 31.5 Å². The smallest absolute Gasteiger partial charge is 0.340 e. The lowest BCUT2D eigenvalue weighted by Gasteiger charge is -2.11. The molecule has 3 rings (SSSR count). The standard InChI is InChI=1S/C19H12BrClFN3O4S/c20-15-8-23-19(30-15)25-16(26)9-29-18(28)13-6-3-11(21)7-14(13)24-17(27)10-1-4-12(22)5-2-10/h1-8H,9H2,(H,24,27)(H,23,25,26). The lowest BCUT2D eigenvalue weighted by Crippen LogP contribution is -2.22. The number of nitrogens with zero attached hydrogens (tertiary/aromatic N) is 1. The lowest BCUT2D eigenvalue weighted by molar-refractivity contribution is -0.119. The van der Waals surface area contributed by atoms with Crippen molar-refractivity contribution in [3.05, 3.63) is 74.4 Å². The zero-order valence-electron chi connectivity index (χ0n) is 14.9. The Labute approximate surface area is 187 Å². The normalized spacial score (nSPS) is 10.4.